The monoisotopic (exact) mass is 269 g/mol. The van der Waals surface area contributed by atoms with E-state index in [0.717, 1.165) is 19.8 Å². The molecule has 0 aromatic rings. The Morgan fingerprint density at radius 2 is 2.18 bits per heavy atom. The van der Waals surface area contributed by atoms with Crippen molar-refractivity contribution in [2.45, 2.75) is 6.04 Å². The number of fused-ring (bicyclic) bond motifs is 1. The van der Waals surface area contributed by atoms with Crippen molar-refractivity contribution in [1.82, 2.24) is 8.01 Å². The third-order valence-electron chi connectivity index (χ3n) is 2.40. The summed E-state index contributed by atoms with van der Waals surface area (Å²) in [5.41, 5.74) is 0. The van der Waals surface area contributed by atoms with Gasteiger partial charge in [0.25, 0.3) is 0 Å². The zero-order valence-electron chi connectivity index (χ0n) is 6.53. The third-order valence-corrected chi connectivity index (χ3v) is 3.35. The number of piperazine rings is 1. The summed E-state index contributed by atoms with van der Waals surface area (Å²) in [4.78, 5) is 2.55. The number of ether oxygens (including phenoxy) is 1. The summed E-state index contributed by atoms with van der Waals surface area (Å²) in [6, 6.07) is 0.671. The van der Waals surface area contributed by atoms with Crippen LogP contribution in [0.5, 0.6) is 0 Å². The number of hydrogen-bond acceptors (Lipinski definition) is 3. The van der Waals surface area contributed by atoms with Gasteiger partial charge in [0, 0.05) is 19.1 Å². The Balaban J connectivity index is 1.93. The van der Waals surface area contributed by atoms with E-state index < -0.39 is 0 Å². The van der Waals surface area contributed by atoms with Crippen LogP contribution < -0.4 is 22.9 Å². The minimum atomic E-state index is 0.671. The van der Waals surface area contributed by atoms with E-state index in [9.17, 15) is 0 Å². The highest BCUT2D eigenvalue weighted by molar-refractivity contribution is 4.80. The molecule has 0 aromatic carbocycles. The maximum absolute atomic E-state index is 5.42. The average molecular weight is 269 g/mol. The molecule has 2 rings (SSSR count). The predicted molar refractivity (Wildman–Crippen MR) is 39.1 cm³/mol. The molecule has 4 heteroatoms. The van der Waals surface area contributed by atoms with Crippen molar-refractivity contribution in [2.75, 3.05) is 39.4 Å². The van der Waals surface area contributed by atoms with Gasteiger partial charge in [-0.05, 0) is 0 Å². The Bertz CT molecular complexity index is 144. The van der Waals surface area contributed by atoms with Crippen LogP contribution >= 0.6 is 0 Å². The molecule has 0 unspecified atom stereocenters. The third kappa shape index (κ3) is 1.85. The van der Waals surface area contributed by atoms with Crippen molar-refractivity contribution in [3.05, 3.63) is 0 Å². The fourth-order valence-electron chi connectivity index (χ4n) is 1.72. The lowest BCUT2D eigenvalue weighted by molar-refractivity contribution is -0.580. The Kier molecular flexibility index (Phi) is 2.65. The van der Waals surface area contributed by atoms with E-state index in [4.69, 9.17) is 4.74 Å². The van der Waals surface area contributed by atoms with E-state index in [1.165, 1.54) is 19.6 Å². The van der Waals surface area contributed by atoms with E-state index in [1.807, 2.05) is 0 Å². The number of morpholine rings is 1. The number of rotatable bonds is 0. The molecule has 0 spiro atoms. The summed E-state index contributed by atoms with van der Waals surface area (Å²) >= 11 is 2.12. The zero-order valence-corrected chi connectivity index (χ0v) is 8.86. The smallest absolute Gasteiger partial charge is 0.370 e. The maximum atomic E-state index is 5.42. The molecule has 2 fully saturated rings. The van der Waals surface area contributed by atoms with Gasteiger partial charge in [-0.1, -0.05) is 3.11 Å². The summed E-state index contributed by atoms with van der Waals surface area (Å²) in [5, 5.41) is 0. The van der Waals surface area contributed by atoms with Crippen LogP contribution in [0.4, 0.5) is 0 Å². The molecule has 0 saturated carbocycles. The highest BCUT2D eigenvalue weighted by Gasteiger charge is 2.31. The molecule has 1 atom stereocenters. The van der Waals surface area contributed by atoms with Crippen molar-refractivity contribution in [2.24, 2.45) is 0 Å². The fraction of sp³-hybridized carbons (Fsp3) is 1.00. The van der Waals surface area contributed by atoms with Crippen molar-refractivity contribution >= 4 is 0 Å². The molecule has 0 amide bonds. The van der Waals surface area contributed by atoms with Gasteiger partial charge in [0.15, 0.2) is 0 Å². The van der Waals surface area contributed by atoms with E-state index in [1.54, 1.807) is 0 Å². The molecule has 2 heterocycles. The van der Waals surface area contributed by atoms with Crippen LogP contribution in [0.15, 0.2) is 0 Å². The highest BCUT2D eigenvalue weighted by Crippen LogP contribution is 2.09. The summed E-state index contributed by atoms with van der Waals surface area (Å²) in [7, 11) is 0. The Morgan fingerprint density at radius 1 is 1.27 bits per heavy atom. The van der Waals surface area contributed by atoms with E-state index >= 15 is 0 Å². The van der Waals surface area contributed by atoms with Crippen molar-refractivity contribution in [3.63, 3.8) is 0 Å². The minimum absolute atomic E-state index is 0.671. The van der Waals surface area contributed by atoms with E-state index in [-0.39, 0.29) is 0 Å². The molecular weight excluding hydrogens is 255 g/mol. The molecular formula is C7H14IN2O+. The first-order valence-corrected chi connectivity index (χ1v) is 5.14. The summed E-state index contributed by atoms with van der Waals surface area (Å²) < 4.78 is 7.81. The fourth-order valence-corrected chi connectivity index (χ4v) is 2.44. The summed E-state index contributed by atoms with van der Waals surface area (Å²) in [5.74, 6) is 0. The van der Waals surface area contributed by atoms with Crippen LogP contribution in [0.1, 0.15) is 0 Å². The molecule has 2 aliphatic heterocycles. The van der Waals surface area contributed by atoms with E-state index in [2.05, 4.69) is 30.9 Å². The lowest BCUT2D eigenvalue weighted by Gasteiger charge is -2.39. The van der Waals surface area contributed by atoms with Crippen LogP contribution in [0.25, 0.3) is 0 Å². The predicted octanol–water partition coefficient (Wildman–Crippen LogP) is -3.80. The first-order chi connectivity index (χ1) is 5.36. The Labute approximate surface area is 81.2 Å². The topological polar surface area (TPSA) is 15.7 Å². The van der Waals surface area contributed by atoms with Gasteiger partial charge < -0.3 is 4.74 Å². The van der Waals surface area contributed by atoms with Crippen LogP contribution in [0, 0.1) is 0 Å². The standard InChI is InChI=1S/C7H14IN2O/c8-10-2-1-9-3-4-11-6-7(9)5-10/h7-8H,1-6H2/q+1/t7-/m1/s1. The Hall–Kier alpha value is 0.610. The molecule has 0 aliphatic carbocycles. The van der Waals surface area contributed by atoms with Crippen molar-refractivity contribution < 1.29 is 27.6 Å². The second-order valence-corrected chi connectivity index (χ2v) is 4.63. The molecule has 3 nitrogen and oxygen atoms in total. The minimum Gasteiger partial charge on any atom is -0.378 e. The second kappa shape index (κ2) is 3.55. The first-order valence-electron chi connectivity index (χ1n) is 4.10. The number of hydrogen-bond donors (Lipinski definition) is 0. The Morgan fingerprint density at radius 3 is 3.09 bits per heavy atom. The van der Waals surface area contributed by atoms with Gasteiger partial charge in [0.05, 0.1) is 26.3 Å². The summed E-state index contributed by atoms with van der Waals surface area (Å²) in [6.07, 6.45) is 0. The maximum Gasteiger partial charge on any atom is 0.370 e. The first kappa shape index (κ1) is 8.22. The molecule has 2 aliphatic rings. The SMILES string of the molecule is [IH+]N1CCN2CCOC[C@H]2C1. The second-order valence-electron chi connectivity index (χ2n) is 3.15. The van der Waals surface area contributed by atoms with Gasteiger partial charge in [0.1, 0.15) is 0 Å². The highest BCUT2D eigenvalue weighted by atomic mass is 127. The van der Waals surface area contributed by atoms with Crippen LogP contribution in [-0.2, 0) is 4.74 Å². The van der Waals surface area contributed by atoms with Gasteiger partial charge in [-0.15, -0.1) is 0 Å². The molecule has 0 aromatic heterocycles. The average Bonchev–Trinajstić information content (AvgIpc) is 2.04. The zero-order chi connectivity index (χ0) is 7.68. The number of nitrogens with zero attached hydrogens (tertiary/aromatic N) is 2. The quantitative estimate of drug-likeness (QED) is 0.331. The van der Waals surface area contributed by atoms with E-state index in [0.29, 0.717) is 6.04 Å². The molecule has 2 saturated heterocycles. The molecule has 0 N–H and O–H groups in total. The molecule has 64 valence electrons. The van der Waals surface area contributed by atoms with Gasteiger partial charge in [-0.2, -0.15) is 0 Å². The summed E-state index contributed by atoms with van der Waals surface area (Å²) in [6.45, 7) is 6.64. The van der Waals surface area contributed by atoms with Crippen LogP contribution in [0.3, 0.4) is 0 Å². The largest absolute Gasteiger partial charge is 0.378 e. The van der Waals surface area contributed by atoms with Gasteiger partial charge in [0.2, 0.25) is 0 Å². The van der Waals surface area contributed by atoms with Gasteiger partial charge in [-0.25, -0.2) is 0 Å². The van der Waals surface area contributed by atoms with Crippen LogP contribution in [0.2, 0.25) is 0 Å². The molecule has 11 heavy (non-hydrogen) atoms. The van der Waals surface area contributed by atoms with Gasteiger partial charge >= 0.3 is 22.9 Å². The normalized spacial score (nSPS) is 35.2. The number of halogens is 1. The lowest BCUT2D eigenvalue weighted by Crippen LogP contribution is -3.42. The molecule has 0 bridgehead atoms. The molecule has 0 radical (unpaired) electrons. The van der Waals surface area contributed by atoms with Crippen molar-refractivity contribution in [3.8, 4) is 0 Å². The van der Waals surface area contributed by atoms with Crippen molar-refractivity contribution in [1.29, 1.82) is 0 Å². The van der Waals surface area contributed by atoms with Crippen LogP contribution in [-0.4, -0.2) is 53.4 Å². The van der Waals surface area contributed by atoms with Gasteiger partial charge in [-0.3, -0.25) is 4.90 Å². The lowest BCUT2D eigenvalue weighted by atomic mass is 10.2.